The van der Waals surface area contributed by atoms with Crippen molar-refractivity contribution in [2.24, 2.45) is 4.99 Å². The minimum Gasteiger partial charge on any atom is -0.463 e. The van der Waals surface area contributed by atoms with E-state index in [9.17, 15) is 4.79 Å². The highest BCUT2D eigenvalue weighted by Crippen LogP contribution is 1.92. The Labute approximate surface area is 122 Å². The van der Waals surface area contributed by atoms with Crippen LogP contribution in [0.1, 0.15) is 40.5 Å². The maximum atomic E-state index is 11.4. The molecule has 0 unspecified atom stereocenters. The fraction of sp³-hybridized carbons (Fsp3) is 0.857. The van der Waals surface area contributed by atoms with Gasteiger partial charge in [0.1, 0.15) is 0 Å². The number of rotatable bonds is 10. The van der Waals surface area contributed by atoms with Gasteiger partial charge in [0.25, 0.3) is 0 Å². The first-order valence-electron chi connectivity index (χ1n) is 7.39. The molecule has 0 amide bonds. The minimum absolute atomic E-state index is 0.0667. The summed E-state index contributed by atoms with van der Waals surface area (Å²) in [6, 6.07) is 0. The molecule has 0 bridgehead atoms. The number of nitrogens with one attached hydrogen (secondary N) is 2. The van der Waals surface area contributed by atoms with Gasteiger partial charge in [-0.2, -0.15) is 0 Å². The molecular formula is C14H29N3O3. The molecule has 0 rings (SSSR count). The Morgan fingerprint density at radius 1 is 1.25 bits per heavy atom. The second-order valence-corrected chi connectivity index (χ2v) is 4.53. The van der Waals surface area contributed by atoms with E-state index in [1.807, 2.05) is 27.7 Å². The molecule has 0 aromatic rings. The lowest BCUT2D eigenvalue weighted by Gasteiger charge is -2.12. The summed E-state index contributed by atoms with van der Waals surface area (Å²) in [5.41, 5.74) is 0. The van der Waals surface area contributed by atoms with E-state index in [1.54, 1.807) is 0 Å². The monoisotopic (exact) mass is 287 g/mol. The number of carbonyl (C=O) groups excluding carboxylic acids is 1. The zero-order valence-corrected chi connectivity index (χ0v) is 13.2. The quantitative estimate of drug-likeness (QED) is 0.274. The number of hydrogen-bond acceptors (Lipinski definition) is 4. The van der Waals surface area contributed by atoms with E-state index in [2.05, 4.69) is 15.6 Å². The van der Waals surface area contributed by atoms with E-state index >= 15 is 0 Å². The summed E-state index contributed by atoms with van der Waals surface area (Å²) in [7, 11) is 0. The van der Waals surface area contributed by atoms with E-state index in [-0.39, 0.29) is 12.1 Å². The van der Waals surface area contributed by atoms with Gasteiger partial charge in [0.15, 0.2) is 5.96 Å². The summed E-state index contributed by atoms with van der Waals surface area (Å²) >= 11 is 0. The Morgan fingerprint density at radius 3 is 2.60 bits per heavy atom. The highest BCUT2D eigenvalue weighted by Gasteiger charge is 2.05. The van der Waals surface area contributed by atoms with E-state index in [1.165, 1.54) is 0 Å². The van der Waals surface area contributed by atoms with Crippen molar-refractivity contribution in [2.45, 2.75) is 46.6 Å². The third kappa shape index (κ3) is 11.8. The molecule has 2 N–H and O–H groups in total. The Bertz CT molecular complexity index is 281. The third-order valence-corrected chi connectivity index (χ3v) is 2.25. The molecule has 0 heterocycles. The molecule has 6 nitrogen and oxygen atoms in total. The molecule has 20 heavy (non-hydrogen) atoms. The van der Waals surface area contributed by atoms with E-state index < -0.39 is 0 Å². The van der Waals surface area contributed by atoms with Crippen molar-refractivity contribution in [1.29, 1.82) is 0 Å². The van der Waals surface area contributed by atoms with Gasteiger partial charge in [-0.3, -0.25) is 9.79 Å². The van der Waals surface area contributed by atoms with Crippen LogP contribution >= 0.6 is 0 Å². The van der Waals surface area contributed by atoms with Crippen LogP contribution < -0.4 is 10.6 Å². The molecule has 0 aromatic carbocycles. The second kappa shape index (κ2) is 12.7. The van der Waals surface area contributed by atoms with Crippen LogP contribution in [0.25, 0.3) is 0 Å². The number of hydrogen-bond donors (Lipinski definition) is 2. The topological polar surface area (TPSA) is 72.0 Å². The van der Waals surface area contributed by atoms with E-state index in [4.69, 9.17) is 9.47 Å². The lowest BCUT2D eigenvalue weighted by Crippen LogP contribution is -2.38. The normalized spacial score (nSPS) is 11.6. The van der Waals surface area contributed by atoms with Crippen LogP contribution in [0.4, 0.5) is 0 Å². The third-order valence-electron chi connectivity index (χ3n) is 2.25. The Kier molecular flexibility index (Phi) is 11.9. The molecular weight excluding hydrogens is 258 g/mol. The van der Waals surface area contributed by atoms with Gasteiger partial charge >= 0.3 is 5.97 Å². The van der Waals surface area contributed by atoms with E-state index in [0.29, 0.717) is 19.5 Å². The molecule has 0 fully saturated rings. The molecule has 0 aromatic heterocycles. The summed E-state index contributed by atoms with van der Waals surface area (Å²) in [5, 5.41) is 6.25. The zero-order valence-electron chi connectivity index (χ0n) is 13.2. The zero-order chi connectivity index (χ0) is 15.2. The van der Waals surface area contributed by atoms with Gasteiger partial charge in [-0.05, 0) is 34.1 Å². The SMILES string of the molecule is CCNC(=NCCCOCC)NCCC(=O)OC(C)C. The number of ether oxygens (including phenoxy) is 2. The van der Waals surface area contributed by atoms with Crippen LogP contribution in [0.3, 0.4) is 0 Å². The lowest BCUT2D eigenvalue weighted by molar-refractivity contribution is -0.147. The van der Waals surface area contributed by atoms with Crippen LogP contribution in [-0.4, -0.2) is 50.9 Å². The van der Waals surface area contributed by atoms with Gasteiger partial charge < -0.3 is 20.1 Å². The van der Waals surface area contributed by atoms with Crippen molar-refractivity contribution < 1.29 is 14.3 Å². The molecule has 6 heteroatoms. The van der Waals surface area contributed by atoms with Crippen molar-refractivity contribution >= 4 is 11.9 Å². The van der Waals surface area contributed by atoms with E-state index in [0.717, 1.165) is 32.1 Å². The maximum absolute atomic E-state index is 11.4. The first-order chi connectivity index (χ1) is 9.60. The van der Waals surface area contributed by atoms with Crippen LogP contribution in [-0.2, 0) is 14.3 Å². The van der Waals surface area contributed by atoms with Crippen LogP contribution in [0.2, 0.25) is 0 Å². The van der Waals surface area contributed by atoms with Gasteiger partial charge in [-0.25, -0.2) is 0 Å². The van der Waals surface area contributed by atoms with Gasteiger partial charge in [-0.15, -0.1) is 0 Å². The van der Waals surface area contributed by atoms with Crippen LogP contribution in [0, 0.1) is 0 Å². The summed E-state index contributed by atoms with van der Waals surface area (Å²) in [6.07, 6.45) is 1.16. The second-order valence-electron chi connectivity index (χ2n) is 4.53. The fourth-order valence-electron chi connectivity index (χ4n) is 1.45. The largest absolute Gasteiger partial charge is 0.463 e. The Balaban J connectivity index is 3.89. The molecule has 0 aliphatic heterocycles. The molecule has 0 saturated carbocycles. The lowest BCUT2D eigenvalue weighted by atomic mass is 10.4. The predicted molar refractivity (Wildman–Crippen MR) is 80.9 cm³/mol. The van der Waals surface area contributed by atoms with Crippen molar-refractivity contribution in [3.05, 3.63) is 0 Å². The van der Waals surface area contributed by atoms with Crippen molar-refractivity contribution in [2.75, 3.05) is 32.8 Å². The van der Waals surface area contributed by atoms with Gasteiger partial charge in [0, 0.05) is 32.8 Å². The molecule has 0 aliphatic carbocycles. The number of nitrogens with zero attached hydrogens (tertiary/aromatic N) is 1. The molecule has 0 spiro atoms. The molecule has 0 radical (unpaired) electrons. The first kappa shape index (κ1) is 18.7. The average Bonchev–Trinajstić information content (AvgIpc) is 2.37. The predicted octanol–water partition coefficient (Wildman–Crippen LogP) is 1.31. The minimum atomic E-state index is -0.195. The highest BCUT2D eigenvalue weighted by molar-refractivity contribution is 5.80. The number of aliphatic imine (C=N–C) groups is 1. The smallest absolute Gasteiger partial charge is 0.307 e. The summed E-state index contributed by atoms with van der Waals surface area (Å²) in [4.78, 5) is 15.8. The van der Waals surface area contributed by atoms with Crippen LogP contribution in [0.15, 0.2) is 4.99 Å². The van der Waals surface area contributed by atoms with Gasteiger partial charge in [0.05, 0.1) is 12.5 Å². The van der Waals surface area contributed by atoms with Gasteiger partial charge in [0.2, 0.25) is 0 Å². The van der Waals surface area contributed by atoms with Crippen molar-refractivity contribution in [3.63, 3.8) is 0 Å². The summed E-state index contributed by atoms with van der Waals surface area (Å²) < 4.78 is 10.3. The van der Waals surface area contributed by atoms with Crippen LogP contribution in [0.5, 0.6) is 0 Å². The Hall–Kier alpha value is -1.30. The van der Waals surface area contributed by atoms with Crippen molar-refractivity contribution in [3.8, 4) is 0 Å². The average molecular weight is 287 g/mol. The van der Waals surface area contributed by atoms with Crippen molar-refractivity contribution in [1.82, 2.24) is 10.6 Å². The summed E-state index contributed by atoms with van der Waals surface area (Å²) in [5.74, 6) is 0.529. The molecule has 0 aliphatic rings. The number of carbonyl (C=O) groups is 1. The standard InChI is InChI=1S/C14H29N3O3/c1-5-15-14(16-9-7-11-19-6-2)17-10-8-13(18)20-12(3)4/h12H,5-11H2,1-4H3,(H2,15,16,17). The highest BCUT2D eigenvalue weighted by atomic mass is 16.5. The summed E-state index contributed by atoms with van der Waals surface area (Å²) in [6.45, 7) is 11.1. The molecule has 0 atom stereocenters. The molecule has 0 saturated heterocycles. The van der Waals surface area contributed by atoms with Gasteiger partial charge in [-0.1, -0.05) is 0 Å². The maximum Gasteiger partial charge on any atom is 0.307 e. The number of guanidine groups is 1. The molecule has 118 valence electrons. The first-order valence-corrected chi connectivity index (χ1v) is 7.39. The fourth-order valence-corrected chi connectivity index (χ4v) is 1.45. The number of esters is 1. The Morgan fingerprint density at radius 2 is 2.00 bits per heavy atom.